The van der Waals surface area contributed by atoms with Crippen molar-refractivity contribution in [3.8, 4) is 11.5 Å². The number of hydrazone groups is 1. The second-order valence-corrected chi connectivity index (χ2v) is 5.37. The Kier molecular flexibility index (Phi) is 5.91. The van der Waals surface area contributed by atoms with Crippen LogP contribution in [0.2, 0.25) is 5.02 Å². The predicted molar refractivity (Wildman–Crippen MR) is 92.2 cm³/mol. The Bertz CT molecular complexity index is 839. The number of nitro benzene ring substituents is 1. The standard InChI is InChI=1S/C16H14ClN3O5/c1-10-7-12(5-6-13(10)17)25-9-15(21)19-18-8-11-3-2-4-14(16(11)22)20(23)24/h2-8,22H,9H2,1H3,(H,19,21). The van der Waals surface area contributed by atoms with Crippen LogP contribution in [0.1, 0.15) is 11.1 Å². The second-order valence-electron chi connectivity index (χ2n) is 4.96. The van der Waals surface area contributed by atoms with E-state index in [1.165, 1.54) is 12.1 Å². The van der Waals surface area contributed by atoms with E-state index >= 15 is 0 Å². The van der Waals surface area contributed by atoms with Crippen molar-refractivity contribution < 1.29 is 19.6 Å². The van der Waals surface area contributed by atoms with Gasteiger partial charge >= 0.3 is 5.69 Å². The van der Waals surface area contributed by atoms with Crippen LogP contribution in [-0.4, -0.2) is 28.8 Å². The van der Waals surface area contributed by atoms with Gasteiger partial charge < -0.3 is 9.84 Å². The third-order valence-corrected chi connectivity index (χ3v) is 3.56. The number of carbonyl (C=O) groups is 1. The number of phenols is 1. The van der Waals surface area contributed by atoms with Gasteiger partial charge in [0.05, 0.1) is 11.1 Å². The highest BCUT2D eigenvalue weighted by Crippen LogP contribution is 2.27. The molecule has 0 aliphatic carbocycles. The number of aromatic hydroxyl groups is 1. The molecular weight excluding hydrogens is 350 g/mol. The lowest BCUT2D eigenvalue weighted by molar-refractivity contribution is -0.385. The quantitative estimate of drug-likeness (QED) is 0.465. The van der Waals surface area contributed by atoms with E-state index in [2.05, 4.69) is 10.5 Å². The average molecular weight is 364 g/mol. The number of nitrogens with zero attached hydrogens (tertiary/aromatic N) is 2. The summed E-state index contributed by atoms with van der Waals surface area (Å²) >= 11 is 5.90. The number of ether oxygens (including phenoxy) is 1. The summed E-state index contributed by atoms with van der Waals surface area (Å²) in [6.45, 7) is 1.53. The molecule has 0 aliphatic heterocycles. The first-order valence-corrected chi connectivity index (χ1v) is 7.43. The van der Waals surface area contributed by atoms with Crippen LogP contribution in [-0.2, 0) is 4.79 Å². The van der Waals surface area contributed by atoms with Crippen LogP contribution in [0.5, 0.6) is 11.5 Å². The molecule has 0 atom stereocenters. The SMILES string of the molecule is Cc1cc(OCC(=O)NN=Cc2cccc([N+](=O)[O-])c2O)ccc1Cl. The zero-order chi connectivity index (χ0) is 18.4. The first kappa shape index (κ1) is 18.2. The molecule has 1 amide bonds. The molecule has 0 spiro atoms. The van der Waals surface area contributed by atoms with E-state index < -0.39 is 22.3 Å². The zero-order valence-corrected chi connectivity index (χ0v) is 13.9. The monoisotopic (exact) mass is 363 g/mol. The summed E-state index contributed by atoms with van der Waals surface area (Å²) in [7, 11) is 0. The van der Waals surface area contributed by atoms with Gasteiger partial charge in [-0.2, -0.15) is 5.10 Å². The molecule has 0 radical (unpaired) electrons. The maximum absolute atomic E-state index is 11.7. The maximum atomic E-state index is 11.7. The van der Waals surface area contributed by atoms with Crippen LogP contribution in [0.25, 0.3) is 0 Å². The lowest BCUT2D eigenvalue weighted by atomic mass is 10.2. The fourth-order valence-corrected chi connectivity index (χ4v) is 1.98. The molecule has 2 aromatic rings. The van der Waals surface area contributed by atoms with E-state index in [4.69, 9.17) is 16.3 Å². The fourth-order valence-electron chi connectivity index (χ4n) is 1.86. The molecule has 2 N–H and O–H groups in total. The third kappa shape index (κ3) is 4.92. The minimum Gasteiger partial charge on any atom is -0.502 e. The number of benzene rings is 2. The Hall–Kier alpha value is -3.13. The largest absolute Gasteiger partial charge is 0.502 e. The number of hydrogen-bond acceptors (Lipinski definition) is 6. The molecule has 0 saturated heterocycles. The highest BCUT2D eigenvalue weighted by atomic mass is 35.5. The number of para-hydroxylation sites is 1. The Labute approximate surface area is 147 Å². The summed E-state index contributed by atoms with van der Waals surface area (Å²) < 4.78 is 5.30. The summed E-state index contributed by atoms with van der Waals surface area (Å²) in [6, 6.07) is 8.96. The van der Waals surface area contributed by atoms with Gasteiger partial charge in [-0.15, -0.1) is 0 Å². The van der Waals surface area contributed by atoms with E-state index in [1.54, 1.807) is 18.2 Å². The summed E-state index contributed by atoms with van der Waals surface area (Å²) in [5.41, 5.74) is 2.67. The van der Waals surface area contributed by atoms with E-state index in [-0.39, 0.29) is 12.2 Å². The minimum atomic E-state index is -0.715. The molecule has 2 aromatic carbocycles. The van der Waals surface area contributed by atoms with Crippen LogP contribution >= 0.6 is 11.6 Å². The number of rotatable bonds is 6. The van der Waals surface area contributed by atoms with Gasteiger partial charge in [-0.1, -0.05) is 17.7 Å². The van der Waals surface area contributed by atoms with E-state index in [9.17, 15) is 20.0 Å². The number of halogens is 1. The molecular formula is C16H14ClN3O5. The molecule has 0 saturated carbocycles. The van der Waals surface area contributed by atoms with Crippen molar-refractivity contribution in [1.29, 1.82) is 0 Å². The summed E-state index contributed by atoms with van der Waals surface area (Å²) in [6.07, 6.45) is 1.10. The Morgan fingerprint density at radius 2 is 2.20 bits per heavy atom. The molecule has 0 aromatic heterocycles. The van der Waals surface area contributed by atoms with Gasteiger partial charge in [0.15, 0.2) is 6.61 Å². The number of carbonyl (C=O) groups excluding carboxylic acids is 1. The van der Waals surface area contributed by atoms with Crippen molar-refractivity contribution >= 4 is 29.4 Å². The van der Waals surface area contributed by atoms with Crippen molar-refractivity contribution in [2.45, 2.75) is 6.92 Å². The van der Waals surface area contributed by atoms with Gasteiger partial charge in [0.1, 0.15) is 5.75 Å². The van der Waals surface area contributed by atoms with Gasteiger partial charge in [0, 0.05) is 16.7 Å². The summed E-state index contributed by atoms with van der Waals surface area (Å²) in [5.74, 6) is -0.579. The Morgan fingerprint density at radius 1 is 1.44 bits per heavy atom. The lowest BCUT2D eigenvalue weighted by Gasteiger charge is -2.06. The van der Waals surface area contributed by atoms with Crippen molar-refractivity contribution in [2.24, 2.45) is 5.10 Å². The van der Waals surface area contributed by atoms with Gasteiger partial charge in [0.25, 0.3) is 5.91 Å². The molecule has 0 aliphatic rings. The van der Waals surface area contributed by atoms with Crippen LogP contribution in [0.3, 0.4) is 0 Å². The van der Waals surface area contributed by atoms with Crippen LogP contribution in [0, 0.1) is 17.0 Å². The minimum absolute atomic E-state index is 0.101. The first-order chi connectivity index (χ1) is 11.9. The van der Waals surface area contributed by atoms with Crippen LogP contribution in [0.4, 0.5) is 5.69 Å². The molecule has 8 nitrogen and oxygen atoms in total. The number of amides is 1. The van der Waals surface area contributed by atoms with Crippen molar-refractivity contribution in [1.82, 2.24) is 5.43 Å². The molecule has 0 heterocycles. The van der Waals surface area contributed by atoms with E-state index in [0.717, 1.165) is 17.8 Å². The molecule has 2 rings (SSSR count). The summed E-state index contributed by atoms with van der Waals surface area (Å²) in [5, 5.41) is 24.7. The zero-order valence-electron chi connectivity index (χ0n) is 13.1. The molecule has 0 bridgehead atoms. The normalized spacial score (nSPS) is 10.6. The van der Waals surface area contributed by atoms with Crippen molar-refractivity contribution in [3.63, 3.8) is 0 Å². The maximum Gasteiger partial charge on any atom is 0.311 e. The highest BCUT2D eigenvalue weighted by molar-refractivity contribution is 6.31. The first-order valence-electron chi connectivity index (χ1n) is 7.05. The van der Waals surface area contributed by atoms with E-state index in [0.29, 0.717) is 10.8 Å². The Morgan fingerprint density at radius 3 is 2.88 bits per heavy atom. The fraction of sp³-hybridized carbons (Fsp3) is 0.125. The number of nitro groups is 1. The molecule has 130 valence electrons. The number of aryl methyl sites for hydroxylation is 1. The second kappa shape index (κ2) is 8.11. The number of phenolic OH excluding ortho intramolecular Hbond substituents is 1. The van der Waals surface area contributed by atoms with Crippen LogP contribution < -0.4 is 10.2 Å². The predicted octanol–water partition coefficient (Wildman–Crippen LogP) is 2.79. The molecule has 0 unspecified atom stereocenters. The van der Waals surface area contributed by atoms with Gasteiger partial charge in [-0.05, 0) is 36.8 Å². The van der Waals surface area contributed by atoms with E-state index in [1.807, 2.05) is 6.92 Å². The topological polar surface area (TPSA) is 114 Å². The number of hydrogen-bond donors (Lipinski definition) is 2. The number of nitrogens with one attached hydrogen (secondary N) is 1. The third-order valence-electron chi connectivity index (χ3n) is 3.13. The highest BCUT2D eigenvalue weighted by Gasteiger charge is 2.15. The molecule has 0 fully saturated rings. The van der Waals surface area contributed by atoms with Gasteiger partial charge in [-0.3, -0.25) is 14.9 Å². The van der Waals surface area contributed by atoms with Crippen molar-refractivity contribution in [3.05, 3.63) is 62.7 Å². The average Bonchev–Trinajstić information content (AvgIpc) is 2.57. The molecule has 9 heteroatoms. The molecule has 25 heavy (non-hydrogen) atoms. The van der Waals surface area contributed by atoms with Crippen molar-refractivity contribution in [2.75, 3.05) is 6.61 Å². The smallest absolute Gasteiger partial charge is 0.311 e. The van der Waals surface area contributed by atoms with Gasteiger partial charge in [0.2, 0.25) is 5.75 Å². The van der Waals surface area contributed by atoms with Crippen LogP contribution in [0.15, 0.2) is 41.5 Å². The lowest BCUT2D eigenvalue weighted by Crippen LogP contribution is -2.24. The Balaban J connectivity index is 1.91. The van der Waals surface area contributed by atoms with Gasteiger partial charge in [-0.25, -0.2) is 5.43 Å². The summed E-state index contributed by atoms with van der Waals surface area (Å²) in [4.78, 5) is 21.7.